The molecule has 0 spiro atoms. The van der Waals surface area contributed by atoms with Crippen molar-refractivity contribution in [3.05, 3.63) is 71.8 Å². The van der Waals surface area contributed by atoms with Crippen molar-refractivity contribution >= 4 is 27.5 Å². The third-order valence-electron chi connectivity index (χ3n) is 7.48. The van der Waals surface area contributed by atoms with E-state index in [0.29, 0.717) is 17.9 Å². The second kappa shape index (κ2) is 15.5. The molecule has 11 nitrogen and oxygen atoms in total. The van der Waals surface area contributed by atoms with Crippen LogP contribution >= 0.6 is 0 Å². The maximum absolute atomic E-state index is 14.4. The van der Waals surface area contributed by atoms with E-state index in [0.717, 1.165) is 15.4 Å². The molecule has 0 saturated carbocycles. The first-order valence-corrected chi connectivity index (χ1v) is 16.0. The number of nitrogens with one attached hydrogen (secondary N) is 1. The number of sulfonamides is 1. The Kier molecular flexibility index (Phi) is 12.1. The van der Waals surface area contributed by atoms with Gasteiger partial charge >= 0.3 is 0 Å². The van der Waals surface area contributed by atoms with E-state index in [1.807, 2.05) is 45.0 Å². The molecule has 0 heterocycles. The van der Waals surface area contributed by atoms with E-state index in [-0.39, 0.29) is 40.6 Å². The fraction of sp³-hybridized carbons (Fsp3) is 0.394. The smallest absolute Gasteiger partial charge is 0.265 e. The summed E-state index contributed by atoms with van der Waals surface area (Å²) in [6.45, 7) is 6.82. The average Bonchev–Trinajstić information content (AvgIpc) is 3.04. The summed E-state index contributed by atoms with van der Waals surface area (Å²) >= 11 is 0. The topological polar surface area (TPSA) is 124 Å². The van der Waals surface area contributed by atoms with Gasteiger partial charge in [-0.1, -0.05) is 36.8 Å². The Labute approximate surface area is 266 Å². The Balaban J connectivity index is 2.17. The van der Waals surface area contributed by atoms with Crippen LogP contribution in [0.4, 0.5) is 5.69 Å². The van der Waals surface area contributed by atoms with Crippen LogP contribution in [0.3, 0.4) is 0 Å². The van der Waals surface area contributed by atoms with Gasteiger partial charge in [-0.3, -0.25) is 13.9 Å². The van der Waals surface area contributed by atoms with Gasteiger partial charge in [-0.25, -0.2) is 8.42 Å². The van der Waals surface area contributed by atoms with Crippen LogP contribution in [0.25, 0.3) is 0 Å². The Bertz CT molecular complexity index is 1590. The van der Waals surface area contributed by atoms with Crippen molar-refractivity contribution in [1.29, 1.82) is 0 Å². The molecular weight excluding hydrogens is 598 g/mol. The SMILES string of the molecule is CC[C@H](C)NC(=O)[C@H](C)N(Cc1cccc(C)c1)C(=O)CN(c1cc(OC)ccc1OC)S(=O)(=O)c1ccc(OC)c(OC)c1. The van der Waals surface area contributed by atoms with Crippen molar-refractivity contribution in [3.63, 3.8) is 0 Å². The van der Waals surface area contributed by atoms with Crippen LogP contribution in [0.15, 0.2) is 65.6 Å². The normalized spacial score (nSPS) is 12.4. The maximum atomic E-state index is 14.4. The molecule has 45 heavy (non-hydrogen) atoms. The largest absolute Gasteiger partial charge is 0.497 e. The quantitative estimate of drug-likeness (QED) is 0.256. The van der Waals surface area contributed by atoms with E-state index in [2.05, 4.69) is 5.32 Å². The van der Waals surface area contributed by atoms with E-state index in [9.17, 15) is 18.0 Å². The standard InChI is InChI=1S/C33H43N3O8S/c1-9-23(3)34-33(38)24(4)35(20-25-12-10-11-22(2)17-25)32(37)21-36(28-18-26(41-5)13-15-29(28)42-6)45(39,40)27-14-16-30(43-7)31(19-27)44-8/h10-19,23-24H,9,20-21H2,1-8H3,(H,34,38)/t23-,24-/m0/s1. The Hall–Kier alpha value is -4.45. The van der Waals surface area contributed by atoms with Crippen LogP contribution in [0.5, 0.6) is 23.0 Å². The molecule has 2 amide bonds. The minimum absolute atomic E-state index is 0.0761. The fourth-order valence-electron chi connectivity index (χ4n) is 4.66. The molecule has 3 aromatic carbocycles. The first kappa shape index (κ1) is 35.0. The lowest BCUT2D eigenvalue weighted by Gasteiger charge is -2.33. The molecule has 3 rings (SSSR count). The van der Waals surface area contributed by atoms with E-state index in [4.69, 9.17) is 18.9 Å². The molecule has 0 aliphatic carbocycles. The van der Waals surface area contributed by atoms with Crippen molar-refractivity contribution in [2.75, 3.05) is 39.3 Å². The molecule has 0 fully saturated rings. The zero-order chi connectivity index (χ0) is 33.3. The van der Waals surface area contributed by atoms with Crippen molar-refractivity contribution < 1.29 is 37.0 Å². The van der Waals surface area contributed by atoms with Crippen molar-refractivity contribution in [1.82, 2.24) is 10.2 Å². The minimum atomic E-state index is -4.43. The molecule has 0 aliphatic heterocycles. The van der Waals surface area contributed by atoms with Gasteiger partial charge < -0.3 is 29.2 Å². The number of benzene rings is 3. The molecule has 0 unspecified atom stereocenters. The molecular formula is C33H43N3O8S. The highest BCUT2D eigenvalue weighted by molar-refractivity contribution is 7.92. The zero-order valence-corrected chi connectivity index (χ0v) is 27.9. The van der Waals surface area contributed by atoms with Crippen LogP contribution in [0.2, 0.25) is 0 Å². The monoisotopic (exact) mass is 641 g/mol. The molecule has 0 radical (unpaired) electrons. The van der Waals surface area contributed by atoms with Gasteiger partial charge in [0.25, 0.3) is 10.0 Å². The summed E-state index contributed by atoms with van der Waals surface area (Å²) in [6.07, 6.45) is 0.706. The molecule has 0 aromatic heterocycles. The molecule has 244 valence electrons. The number of hydrogen-bond acceptors (Lipinski definition) is 8. The summed E-state index contributed by atoms with van der Waals surface area (Å²) in [6, 6.07) is 15.4. The van der Waals surface area contributed by atoms with Crippen LogP contribution in [0.1, 0.15) is 38.3 Å². The zero-order valence-electron chi connectivity index (χ0n) is 27.1. The first-order chi connectivity index (χ1) is 21.4. The van der Waals surface area contributed by atoms with E-state index >= 15 is 0 Å². The highest BCUT2D eigenvalue weighted by atomic mass is 32.2. The number of hydrogen-bond donors (Lipinski definition) is 1. The van der Waals surface area contributed by atoms with Crippen molar-refractivity contribution in [2.24, 2.45) is 0 Å². The van der Waals surface area contributed by atoms with Crippen molar-refractivity contribution in [2.45, 2.75) is 57.6 Å². The molecule has 0 aliphatic rings. The summed E-state index contributed by atoms with van der Waals surface area (Å²) in [5.74, 6) is 0.127. The fourth-order valence-corrected chi connectivity index (χ4v) is 6.10. The average molecular weight is 642 g/mol. The molecule has 2 atom stereocenters. The van der Waals surface area contributed by atoms with Gasteiger partial charge in [0.05, 0.1) is 39.0 Å². The third-order valence-corrected chi connectivity index (χ3v) is 9.24. The number of methoxy groups -OCH3 is 4. The van der Waals surface area contributed by atoms with Gasteiger partial charge in [0.15, 0.2) is 11.5 Å². The number of amides is 2. The van der Waals surface area contributed by atoms with Crippen LogP contribution in [0, 0.1) is 6.92 Å². The third kappa shape index (κ3) is 8.39. The van der Waals surface area contributed by atoms with Crippen molar-refractivity contribution in [3.8, 4) is 23.0 Å². The Morgan fingerprint density at radius 2 is 1.51 bits per heavy atom. The molecule has 1 N–H and O–H groups in total. The Morgan fingerprint density at radius 1 is 0.844 bits per heavy atom. The number of carbonyl (C=O) groups is 2. The van der Waals surface area contributed by atoms with Crippen LogP contribution < -0.4 is 28.6 Å². The second-order valence-corrected chi connectivity index (χ2v) is 12.4. The molecule has 12 heteroatoms. The predicted octanol–water partition coefficient (Wildman–Crippen LogP) is 4.56. The lowest BCUT2D eigenvalue weighted by Crippen LogP contribution is -2.52. The lowest BCUT2D eigenvalue weighted by molar-refractivity contribution is -0.139. The highest BCUT2D eigenvalue weighted by Gasteiger charge is 2.35. The summed E-state index contributed by atoms with van der Waals surface area (Å²) in [4.78, 5) is 28.8. The van der Waals surface area contributed by atoms with Gasteiger partial charge in [0.1, 0.15) is 24.1 Å². The summed E-state index contributed by atoms with van der Waals surface area (Å²) < 4.78 is 51.3. The van der Waals surface area contributed by atoms with Crippen LogP contribution in [-0.4, -0.2) is 72.2 Å². The van der Waals surface area contributed by atoms with Gasteiger partial charge in [0.2, 0.25) is 11.8 Å². The minimum Gasteiger partial charge on any atom is -0.497 e. The summed E-state index contributed by atoms with van der Waals surface area (Å²) in [5.41, 5.74) is 1.85. The summed E-state index contributed by atoms with van der Waals surface area (Å²) in [7, 11) is 1.26. The highest BCUT2D eigenvalue weighted by Crippen LogP contribution is 2.37. The number of ether oxygens (including phenoxy) is 4. The predicted molar refractivity (Wildman–Crippen MR) is 173 cm³/mol. The summed E-state index contributed by atoms with van der Waals surface area (Å²) in [5, 5.41) is 2.93. The van der Waals surface area contributed by atoms with E-state index in [1.54, 1.807) is 19.1 Å². The number of nitrogens with zero attached hydrogens (tertiary/aromatic N) is 2. The lowest BCUT2D eigenvalue weighted by atomic mass is 10.1. The van der Waals surface area contributed by atoms with Crippen LogP contribution in [-0.2, 0) is 26.2 Å². The molecule has 0 saturated heterocycles. The molecule has 0 bridgehead atoms. The molecule has 3 aromatic rings. The number of anilines is 1. The van der Waals surface area contributed by atoms with E-state index < -0.39 is 28.5 Å². The van der Waals surface area contributed by atoms with Gasteiger partial charge in [-0.2, -0.15) is 0 Å². The maximum Gasteiger partial charge on any atom is 0.265 e. The number of rotatable bonds is 15. The van der Waals surface area contributed by atoms with Gasteiger partial charge in [-0.05, 0) is 57.0 Å². The number of carbonyl (C=O) groups excluding carboxylic acids is 2. The Morgan fingerprint density at radius 3 is 2.11 bits per heavy atom. The van der Waals surface area contributed by atoms with Gasteiger partial charge in [0, 0.05) is 24.7 Å². The van der Waals surface area contributed by atoms with Gasteiger partial charge in [-0.15, -0.1) is 0 Å². The second-order valence-electron chi connectivity index (χ2n) is 10.6. The number of aryl methyl sites for hydroxylation is 1. The van der Waals surface area contributed by atoms with E-state index in [1.165, 1.54) is 57.6 Å². The first-order valence-electron chi connectivity index (χ1n) is 14.5.